The maximum Gasteiger partial charge on any atom is 0.256 e. The molecule has 0 saturated heterocycles. The van der Waals surface area contributed by atoms with Gasteiger partial charge in [-0.3, -0.25) is 9.89 Å². The first-order valence-corrected chi connectivity index (χ1v) is 9.22. The summed E-state index contributed by atoms with van der Waals surface area (Å²) in [7, 11) is 0. The molecule has 132 valence electrons. The first-order chi connectivity index (χ1) is 12.6. The van der Waals surface area contributed by atoms with Gasteiger partial charge in [0.15, 0.2) is 5.82 Å². The van der Waals surface area contributed by atoms with Crippen LogP contribution in [0.3, 0.4) is 0 Å². The number of aromatic nitrogens is 2. The molecular weight excluding hydrogens is 445 g/mol. The largest absolute Gasteiger partial charge is 0.508 e. The van der Waals surface area contributed by atoms with E-state index >= 15 is 0 Å². The minimum absolute atomic E-state index is 0.167. The van der Waals surface area contributed by atoms with Gasteiger partial charge in [-0.1, -0.05) is 34.7 Å². The number of anilines is 2. The van der Waals surface area contributed by atoms with Gasteiger partial charge in [0.1, 0.15) is 17.1 Å². The Hall–Kier alpha value is -2.88. The molecule has 0 radical (unpaired) electrons. The second-order valence-electron chi connectivity index (χ2n) is 5.47. The van der Waals surface area contributed by atoms with Gasteiger partial charge in [-0.2, -0.15) is 5.10 Å². The van der Waals surface area contributed by atoms with Crippen molar-refractivity contribution >= 4 is 52.0 Å². The molecule has 0 bridgehead atoms. The first-order valence-electron chi connectivity index (χ1n) is 7.70. The highest BCUT2D eigenvalue weighted by Gasteiger charge is 2.18. The quantitative estimate of drug-likeness (QED) is 0.255. The molecule has 2 aromatic carbocycles. The Balaban J connectivity index is 1.88. The van der Waals surface area contributed by atoms with Crippen molar-refractivity contribution in [2.24, 2.45) is 10.7 Å². The number of nitrogens with one attached hydrogen (secondary N) is 2. The summed E-state index contributed by atoms with van der Waals surface area (Å²) in [5, 5.41) is 19.3. The van der Waals surface area contributed by atoms with E-state index < -0.39 is 5.91 Å². The molecule has 3 rings (SSSR count). The lowest BCUT2D eigenvalue weighted by Crippen LogP contribution is -2.12. The van der Waals surface area contributed by atoms with E-state index in [9.17, 15) is 9.90 Å². The number of aromatic amines is 1. The molecule has 1 amide bonds. The fraction of sp³-hybridized carbons (Fsp3) is 0.0556. The van der Waals surface area contributed by atoms with Gasteiger partial charge in [0, 0.05) is 16.3 Å². The van der Waals surface area contributed by atoms with Gasteiger partial charge in [0.25, 0.3) is 5.91 Å². The number of nitrogens with zero attached hydrogens (tertiary/aromatic N) is 2. The van der Waals surface area contributed by atoms with Gasteiger partial charge in [-0.25, -0.2) is 4.99 Å². The summed E-state index contributed by atoms with van der Waals surface area (Å²) in [6, 6.07) is 14.3. The van der Waals surface area contributed by atoms with Crippen molar-refractivity contribution in [2.75, 3.05) is 5.32 Å². The Morgan fingerprint density at radius 2 is 2.08 bits per heavy atom. The number of hydrogen-bond donors (Lipinski definition) is 4. The van der Waals surface area contributed by atoms with Crippen LogP contribution >= 0.6 is 22.6 Å². The van der Waals surface area contributed by atoms with E-state index in [4.69, 9.17) is 5.73 Å². The Labute approximate surface area is 163 Å². The highest BCUT2D eigenvalue weighted by atomic mass is 127. The van der Waals surface area contributed by atoms with E-state index in [1.807, 2.05) is 24.3 Å². The van der Waals surface area contributed by atoms with E-state index in [1.54, 1.807) is 30.5 Å². The van der Waals surface area contributed by atoms with Crippen molar-refractivity contribution in [1.29, 1.82) is 0 Å². The van der Waals surface area contributed by atoms with E-state index in [0.29, 0.717) is 5.82 Å². The molecule has 0 aliphatic rings. The van der Waals surface area contributed by atoms with Crippen molar-refractivity contribution in [1.82, 2.24) is 10.2 Å². The number of H-pyrrole nitrogens is 1. The molecule has 3 aromatic rings. The van der Waals surface area contributed by atoms with Crippen molar-refractivity contribution in [3.05, 3.63) is 65.2 Å². The summed E-state index contributed by atoms with van der Waals surface area (Å²) in [5.74, 6) is 0.114. The zero-order chi connectivity index (χ0) is 18.5. The molecule has 0 saturated carbocycles. The molecule has 1 aromatic heterocycles. The van der Waals surface area contributed by atoms with Gasteiger partial charge >= 0.3 is 0 Å². The van der Waals surface area contributed by atoms with Crippen molar-refractivity contribution in [3.63, 3.8) is 0 Å². The van der Waals surface area contributed by atoms with Crippen LogP contribution in [0.25, 0.3) is 0 Å². The van der Waals surface area contributed by atoms with E-state index in [2.05, 4.69) is 43.1 Å². The minimum atomic E-state index is -0.635. The lowest BCUT2D eigenvalue weighted by Gasteiger charge is -2.06. The van der Waals surface area contributed by atoms with Crippen LogP contribution < -0.4 is 11.1 Å². The monoisotopic (exact) mass is 461 g/mol. The highest BCUT2D eigenvalue weighted by Crippen LogP contribution is 2.27. The van der Waals surface area contributed by atoms with E-state index in [-0.39, 0.29) is 17.1 Å². The number of halogens is 1. The number of carbonyl (C=O) groups excluding carboxylic acids is 1. The zero-order valence-corrected chi connectivity index (χ0v) is 15.8. The Bertz CT molecular complexity index is 950. The third-order valence-electron chi connectivity index (χ3n) is 3.57. The maximum absolute atomic E-state index is 11.9. The SMILES string of the molecule is NC(=O)c1c(N=Cc2ccc(O)cc2)n[nH]c1Nc1cccc(CI)c1. The molecule has 0 atom stereocenters. The van der Waals surface area contributed by atoms with Crippen molar-refractivity contribution in [2.45, 2.75) is 4.43 Å². The molecule has 26 heavy (non-hydrogen) atoms. The van der Waals surface area contributed by atoms with Gasteiger partial charge in [0.05, 0.1) is 0 Å². The van der Waals surface area contributed by atoms with Crippen LogP contribution in [-0.4, -0.2) is 27.4 Å². The second kappa shape index (κ2) is 8.00. The summed E-state index contributed by atoms with van der Waals surface area (Å²) in [5.41, 5.74) is 8.42. The Kier molecular flexibility index (Phi) is 5.52. The smallest absolute Gasteiger partial charge is 0.256 e. The van der Waals surface area contributed by atoms with Gasteiger partial charge in [0.2, 0.25) is 0 Å². The molecule has 5 N–H and O–H groups in total. The number of aromatic hydroxyl groups is 1. The molecule has 0 spiro atoms. The standard InChI is InChI=1S/C18H16IN5O2/c19-9-12-2-1-3-13(8-12)22-18-15(16(20)26)17(23-24-18)21-10-11-4-6-14(25)7-5-11/h1-8,10,25H,9H2,(H2,20,26)(H2,22,23,24). The van der Waals surface area contributed by atoms with E-state index in [1.165, 1.54) is 0 Å². The molecule has 1 heterocycles. The molecule has 0 unspecified atom stereocenters. The van der Waals surface area contributed by atoms with Gasteiger partial charge < -0.3 is 16.2 Å². The number of amides is 1. The minimum Gasteiger partial charge on any atom is -0.508 e. The third-order valence-corrected chi connectivity index (χ3v) is 4.45. The lowest BCUT2D eigenvalue weighted by atomic mass is 10.2. The summed E-state index contributed by atoms with van der Waals surface area (Å²) >= 11 is 2.28. The summed E-state index contributed by atoms with van der Waals surface area (Å²) < 4.78 is 0.876. The predicted octanol–water partition coefficient (Wildman–Crippen LogP) is 3.64. The van der Waals surface area contributed by atoms with Crippen LogP contribution in [-0.2, 0) is 4.43 Å². The van der Waals surface area contributed by atoms with E-state index in [0.717, 1.165) is 21.2 Å². The van der Waals surface area contributed by atoms with Crippen LogP contribution in [0.15, 0.2) is 53.5 Å². The van der Waals surface area contributed by atoms with Gasteiger partial charge in [-0.05, 0) is 47.5 Å². The number of nitrogens with two attached hydrogens (primary N) is 1. The molecule has 8 heteroatoms. The molecule has 0 fully saturated rings. The highest BCUT2D eigenvalue weighted by molar-refractivity contribution is 14.1. The number of carbonyl (C=O) groups is 1. The van der Waals surface area contributed by atoms with Crippen LogP contribution in [0.5, 0.6) is 5.75 Å². The number of phenolic OH excluding ortho intramolecular Hbond substituents is 1. The van der Waals surface area contributed by atoms with Crippen LogP contribution in [0.2, 0.25) is 0 Å². The number of hydrogen-bond acceptors (Lipinski definition) is 5. The fourth-order valence-corrected chi connectivity index (χ4v) is 2.80. The van der Waals surface area contributed by atoms with Crippen LogP contribution in [0.4, 0.5) is 17.3 Å². The number of benzene rings is 2. The molecule has 7 nitrogen and oxygen atoms in total. The summed E-state index contributed by atoms with van der Waals surface area (Å²) in [4.78, 5) is 16.1. The Morgan fingerprint density at radius 3 is 2.77 bits per heavy atom. The summed E-state index contributed by atoms with van der Waals surface area (Å²) in [6.07, 6.45) is 1.54. The number of alkyl halides is 1. The normalized spacial score (nSPS) is 11.0. The molecule has 0 aliphatic carbocycles. The average molecular weight is 461 g/mol. The molecular formula is C18H16IN5O2. The van der Waals surface area contributed by atoms with Crippen LogP contribution in [0.1, 0.15) is 21.5 Å². The predicted molar refractivity (Wildman–Crippen MR) is 110 cm³/mol. The number of aliphatic imine (C=N–C) groups is 1. The molecule has 0 aliphatic heterocycles. The number of phenols is 1. The van der Waals surface area contributed by atoms with Crippen molar-refractivity contribution < 1.29 is 9.90 Å². The fourth-order valence-electron chi connectivity index (χ4n) is 2.32. The Morgan fingerprint density at radius 1 is 1.31 bits per heavy atom. The summed E-state index contributed by atoms with van der Waals surface area (Å²) in [6.45, 7) is 0. The third kappa shape index (κ3) is 4.20. The first kappa shape index (κ1) is 17.9. The van der Waals surface area contributed by atoms with Crippen LogP contribution in [0, 0.1) is 0 Å². The zero-order valence-electron chi connectivity index (χ0n) is 13.6. The second-order valence-corrected chi connectivity index (χ2v) is 6.23. The number of rotatable bonds is 6. The number of primary amides is 1. The van der Waals surface area contributed by atoms with Gasteiger partial charge in [-0.15, -0.1) is 0 Å². The van der Waals surface area contributed by atoms with Crippen molar-refractivity contribution in [3.8, 4) is 5.75 Å². The average Bonchev–Trinajstić information content (AvgIpc) is 3.04. The lowest BCUT2D eigenvalue weighted by molar-refractivity contribution is 0.100. The topological polar surface area (TPSA) is 116 Å². The maximum atomic E-state index is 11.9.